The molecule has 0 spiro atoms. The monoisotopic (exact) mass is 297 g/mol. The second kappa shape index (κ2) is 5.80. The van der Waals surface area contributed by atoms with Crippen molar-refractivity contribution in [2.24, 2.45) is 0 Å². The fraction of sp³-hybridized carbons (Fsp3) is 0.200. The van der Waals surface area contributed by atoms with E-state index < -0.39 is 12.0 Å². The first-order valence-electron chi connectivity index (χ1n) is 6.77. The number of aromatic nitrogens is 4. The van der Waals surface area contributed by atoms with Gasteiger partial charge in [0.15, 0.2) is 0 Å². The Balaban J connectivity index is 2.08. The molecule has 1 unspecified atom stereocenters. The molecule has 0 saturated carbocycles. The third kappa shape index (κ3) is 2.37. The minimum Gasteiger partial charge on any atom is -0.458 e. The number of carbonyl (C=O) groups excluding carboxylic acids is 1. The Morgan fingerprint density at radius 3 is 3.18 bits per heavy atom. The normalized spacial score (nSPS) is 16.7. The number of nitrogens with one attached hydrogen (secondary N) is 1. The van der Waals surface area contributed by atoms with E-state index in [4.69, 9.17) is 4.74 Å². The summed E-state index contributed by atoms with van der Waals surface area (Å²) in [5.74, 6) is 0.159. The zero-order valence-electron chi connectivity index (χ0n) is 12.1. The Morgan fingerprint density at radius 1 is 1.59 bits per heavy atom. The molecule has 2 aromatic rings. The van der Waals surface area contributed by atoms with Crippen molar-refractivity contribution in [1.82, 2.24) is 19.7 Å². The van der Waals surface area contributed by atoms with Gasteiger partial charge in [-0.15, -0.1) is 0 Å². The van der Waals surface area contributed by atoms with Crippen LogP contribution in [0.15, 0.2) is 54.8 Å². The van der Waals surface area contributed by atoms with Crippen LogP contribution in [0.1, 0.15) is 18.5 Å². The molecule has 7 heteroatoms. The molecule has 0 aromatic carbocycles. The third-order valence-corrected chi connectivity index (χ3v) is 3.35. The number of fused-ring (bicyclic) bond motifs is 1. The average molecular weight is 297 g/mol. The van der Waals surface area contributed by atoms with Crippen molar-refractivity contribution in [2.75, 3.05) is 11.9 Å². The molecule has 1 N–H and O–H groups in total. The summed E-state index contributed by atoms with van der Waals surface area (Å²) in [6, 6.07) is 3.28. The first-order valence-corrected chi connectivity index (χ1v) is 6.77. The lowest BCUT2D eigenvalue weighted by Gasteiger charge is -2.27. The number of ether oxygens (including phenoxy) is 1. The topological polar surface area (TPSA) is 81.9 Å². The number of pyridine rings is 1. The minimum absolute atomic E-state index is 0.152. The van der Waals surface area contributed by atoms with Gasteiger partial charge < -0.3 is 10.1 Å². The second-order valence-corrected chi connectivity index (χ2v) is 4.77. The van der Waals surface area contributed by atoms with Crippen molar-refractivity contribution >= 4 is 11.9 Å². The summed E-state index contributed by atoms with van der Waals surface area (Å²) in [7, 11) is 0. The summed E-state index contributed by atoms with van der Waals surface area (Å²) in [5, 5.41) is 7.28. The zero-order valence-corrected chi connectivity index (χ0v) is 12.1. The van der Waals surface area contributed by atoms with E-state index in [1.54, 1.807) is 17.1 Å². The van der Waals surface area contributed by atoms with E-state index in [2.05, 4.69) is 27.0 Å². The van der Waals surface area contributed by atoms with E-state index in [0.717, 1.165) is 5.56 Å². The third-order valence-electron chi connectivity index (χ3n) is 3.35. The van der Waals surface area contributed by atoms with Crippen molar-refractivity contribution in [1.29, 1.82) is 0 Å². The molecule has 0 bridgehead atoms. The molecule has 0 radical (unpaired) electrons. The van der Waals surface area contributed by atoms with E-state index in [9.17, 15) is 4.79 Å². The molecule has 1 aliphatic heterocycles. The first-order chi connectivity index (χ1) is 10.7. The largest absolute Gasteiger partial charge is 0.458 e. The maximum Gasteiger partial charge on any atom is 0.338 e. The Bertz CT molecular complexity index is 735. The van der Waals surface area contributed by atoms with Crippen LogP contribution in [0.2, 0.25) is 0 Å². The molecule has 0 fully saturated rings. The summed E-state index contributed by atoms with van der Waals surface area (Å²) in [5.41, 5.74) is 2.00. The molecular formula is C15H15N5O2. The van der Waals surface area contributed by atoms with Gasteiger partial charge in [-0.05, 0) is 18.6 Å². The molecule has 7 nitrogen and oxygen atoms in total. The Labute approximate surface area is 127 Å². The number of carbonyl (C=O) groups is 1. The van der Waals surface area contributed by atoms with E-state index >= 15 is 0 Å². The van der Waals surface area contributed by atoms with Gasteiger partial charge in [0.25, 0.3) is 0 Å². The van der Waals surface area contributed by atoms with Crippen LogP contribution >= 0.6 is 0 Å². The fourth-order valence-electron chi connectivity index (χ4n) is 2.41. The molecule has 0 aliphatic carbocycles. The summed E-state index contributed by atoms with van der Waals surface area (Å²) in [4.78, 5) is 20.7. The van der Waals surface area contributed by atoms with Crippen LogP contribution in [0.5, 0.6) is 0 Å². The van der Waals surface area contributed by atoms with E-state index in [-0.39, 0.29) is 6.61 Å². The SMILES string of the molecule is C=CCOC(=O)C1=C(C)Nc2ncnn2C1c1cccnc1. The van der Waals surface area contributed by atoms with Crippen LogP contribution in [0.25, 0.3) is 0 Å². The van der Waals surface area contributed by atoms with Crippen molar-refractivity contribution in [3.63, 3.8) is 0 Å². The van der Waals surface area contributed by atoms with Crippen LogP contribution in [0, 0.1) is 0 Å². The molecule has 22 heavy (non-hydrogen) atoms. The van der Waals surface area contributed by atoms with Gasteiger partial charge in [0.05, 0.1) is 5.57 Å². The molecule has 2 aromatic heterocycles. The smallest absolute Gasteiger partial charge is 0.338 e. The maximum absolute atomic E-state index is 12.4. The molecule has 3 rings (SSSR count). The Morgan fingerprint density at radius 2 is 2.45 bits per heavy atom. The van der Waals surface area contributed by atoms with Crippen LogP contribution in [0.4, 0.5) is 5.95 Å². The van der Waals surface area contributed by atoms with Crippen LogP contribution in [0.3, 0.4) is 0 Å². The number of hydrogen-bond acceptors (Lipinski definition) is 6. The van der Waals surface area contributed by atoms with Gasteiger partial charge in [-0.1, -0.05) is 18.7 Å². The molecule has 112 valence electrons. The number of anilines is 1. The zero-order chi connectivity index (χ0) is 15.5. The number of allylic oxidation sites excluding steroid dienone is 1. The van der Waals surface area contributed by atoms with Gasteiger partial charge in [0, 0.05) is 18.1 Å². The second-order valence-electron chi connectivity index (χ2n) is 4.77. The molecule has 1 aliphatic rings. The number of hydrogen-bond donors (Lipinski definition) is 1. The molecule has 0 amide bonds. The summed E-state index contributed by atoms with van der Waals surface area (Å²) in [6.45, 7) is 5.52. The quantitative estimate of drug-likeness (QED) is 0.683. The lowest BCUT2D eigenvalue weighted by molar-refractivity contribution is -0.138. The number of esters is 1. The van der Waals surface area contributed by atoms with Crippen molar-refractivity contribution < 1.29 is 9.53 Å². The van der Waals surface area contributed by atoms with Crippen molar-refractivity contribution in [3.8, 4) is 0 Å². The highest BCUT2D eigenvalue weighted by Crippen LogP contribution is 2.34. The molecule has 1 atom stereocenters. The molecule has 0 saturated heterocycles. The molecule has 3 heterocycles. The van der Waals surface area contributed by atoms with Gasteiger partial charge >= 0.3 is 5.97 Å². The average Bonchev–Trinajstić information content (AvgIpc) is 2.99. The van der Waals surface area contributed by atoms with Crippen LogP contribution < -0.4 is 5.32 Å². The number of rotatable bonds is 4. The predicted octanol–water partition coefficient (Wildman–Crippen LogP) is 1.69. The van der Waals surface area contributed by atoms with Crippen LogP contribution in [-0.2, 0) is 9.53 Å². The maximum atomic E-state index is 12.4. The summed E-state index contributed by atoms with van der Waals surface area (Å²) in [6.07, 6.45) is 6.36. The summed E-state index contributed by atoms with van der Waals surface area (Å²) < 4.78 is 6.85. The first kappa shape index (κ1) is 14.0. The van der Waals surface area contributed by atoms with Gasteiger partial charge in [0.2, 0.25) is 5.95 Å². The van der Waals surface area contributed by atoms with E-state index in [1.807, 2.05) is 19.1 Å². The highest BCUT2D eigenvalue weighted by Gasteiger charge is 2.34. The van der Waals surface area contributed by atoms with Gasteiger partial charge in [-0.3, -0.25) is 4.98 Å². The van der Waals surface area contributed by atoms with Crippen molar-refractivity contribution in [3.05, 3.63) is 60.3 Å². The minimum atomic E-state index is -0.426. The van der Waals surface area contributed by atoms with Gasteiger partial charge in [-0.25, -0.2) is 9.48 Å². The van der Waals surface area contributed by atoms with Gasteiger partial charge in [0.1, 0.15) is 19.0 Å². The highest BCUT2D eigenvalue weighted by atomic mass is 16.5. The Kier molecular flexibility index (Phi) is 3.69. The highest BCUT2D eigenvalue weighted by molar-refractivity contribution is 5.92. The lowest BCUT2D eigenvalue weighted by Crippen LogP contribution is -2.29. The van der Waals surface area contributed by atoms with Gasteiger partial charge in [-0.2, -0.15) is 10.1 Å². The fourth-order valence-corrected chi connectivity index (χ4v) is 2.41. The van der Waals surface area contributed by atoms with E-state index in [1.165, 1.54) is 12.4 Å². The van der Waals surface area contributed by atoms with E-state index in [0.29, 0.717) is 17.2 Å². The summed E-state index contributed by atoms with van der Waals surface area (Å²) >= 11 is 0. The predicted molar refractivity (Wildman–Crippen MR) is 79.9 cm³/mol. The number of nitrogens with zero attached hydrogens (tertiary/aromatic N) is 4. The molecular weight excluding hydrogens is 282 g/mol. The van der Waals surface area contributed by atoms with Crippen LogP contribution in [-0.4, -0.2) is 32.3 Å². The standard InChI is InChI=1S/C15H15N5O2/c1-3-7-22-14(21)12-10(2)19-15-17-9-18-20(15)13(12)11-5-4-6-16-8-11/h3-6,8-9,13H,1,7H2,2H3,(H,17,18,19). The van der Waals surface area contributed by atoms with Crippen molar-refractivity contribution in [2.45, 2.75) is 13.0 Å². The Hall–Kier alpha value is -2.96. The lowest BCUT2D eigenvalue weighted by atomic mass is 9.97.